The molecule has 4 rings (SSSR count). The fourth-order valence-corrected chi connectivity index (χ4v) is 4.40. The molecule has 2 heterocycles. The van der Waals surface area contributed by atoms with Crippen molar-refractivity contribution in [1.29, 1.82) is 0 Å². The van der Waals surface area contributed by atoms with E-state index in [9.17, 15) is 9.59 Å². The molecule has 1 N–H and O–H groups in total. The van der Waals surface area contributed by atoms with Gasteiger partial charge in [-0.1, -0.05) is 30.3 Å². The van der Waals surface area contributed by atoms with Crippen LogP contribution in [0.4, 0.5) is 4.79 Å². The summed E-state index contributed by atoms with van der Waals surface area (Å²) in [6, 6.07) is 13.7. The second-order valence-electron chi connectivity index (χ2n) is 9.73. The summed E-state index contributed by atoms with van der Waals surface area (Å²) in [7, 11) is 0. The first-order valence-electron chi connectivity index (χ1n) is 11.7. The Hall–Kier alpha value is -3.06. The largest absolute Gasteiger partial charge is 0.444 e. The fraction of sp³-hybridized carbons (Fsp3) is 0.423. The number of hydrogen-bond acceptors (Lipinski definition) is 5. The molecular formula is C26H31ClN4O3. The van der Waals surface area contributed by atoms with Gasteiger partial charge < -0.3 is 15.0 Å². The van der Waals surface area contributed by atoms with E-state index in [0.717, 1.165) is 23.6 Å². The molecule has 2 amide bonds. The van der Waals surface area contributed by atoms with Crippen LogP contribution in [0.2, 0.25) is 0 Å². The van der Waals surface area contributed by atoms with Crippen molar-refractivity contribution in [2.45, 2.75) is 39.2 Å². The predicted octanol–water partition coefficient (Wildman–Crippen LogP) is 4.97. The van der Waals surface area contributed by atoms with E-state index in [2.05, 4.69) is 10.3 Å². The first kappa shape index (κ1) is 24.1. The normalized spacial score (nSPS) is 17.0. The first-order chi connectivity index (χ1) is 16.2. The summed E-state index contributed by atoms with van der Waals surface area (Å²) in [5.41, 5.74) is 0.1000. The molecule has 2 aromatic carbocycles. The van der Waals surface area contributed by atoms with Gasteiger partial charge in [0.1, 0.15) is 11.4 Å². The number of hydrogen-bond donors (Lipinski definition) is 1. The smallest absolute Gasteiger partial charge is 0.410 e. The summed E-state index contributed by atoms with van der Waals surface area (Å²) in [5.74, 6) is 0.793. The lowest BCUT2D eigenvalue weighted by atomic mass is 9.96. The number of nitrogens with zero attached hydrogens (tertiary/aromatic N) is 3. The van der Waals surface area contributed by atoms with Crippen LogP contribution in [0, 0.1) is 5.92 Å². The van der Waals surface area contributed by atoms with Gasteiger partial charge in [0.05, 0.1) is 6.54 Å². The predicted molar refractivity (Wildman–Crippen MR) is 135 cm³/mol. The van der Waals surface area contributed by atoms with Crippen molar-refractivity contribution < 1.29 is 14.3 Å². The van der Waals surface area contributed by atoms with Gasteiger partial charge in [0.2, 0.25) is 0 Å². The fourth-order valence-electron chi connectivity index (χ4n) is 4.24. The molecule has 0 bridgehead atoms. The summed E-state index contributed by atoms with van der Waals surface area (Å²) < 4.78 is 5.51. The zero-order valence-electron chi connectivity index (χ0n) is 19.9. The van der Waals surface area contributed by atoms with Gasteiger partial charge in [-0.2, -0.15) is 0 Å². The van der Waals surface area contributed by atoms with Crippen molar-refractivity contribution in [2.75, 3.05) is 26.2 Å². The number of benzene rings is 2. The van der Waals surface area contributed by atoms with Crippen LogP contribution in [-0.2, 0) is 4.74 Å². The van der Waals surface area contributed by atoms with E-state index >= 15 is 0 Å². The molecule has 2 aliphatic rings. The number of carbonyl (C=O) groups is 2. The Labute approximate surface area is 205 Å². The Morgan fingerprint density at radius 2 is 1.85 bits per heavy atom. The number of rotatable bonds is 4. The maximum absolute atomic E-state index is 13.7. The van der Waals surface area contributed by atoms with E-state index in [1.807, 2.05) is 69.3 Å². The topological polar surface area (TPSA) is 74.2 Å². The average Bonchev–Trinajstić information content (AvgIpc) is 2.81. The molecule has 2 aliphatic heterocycles. The van der Waals surface area contributed by atoms with Gasteiger partial charge in [-0.25, -0.2) is 4.79 Å². The molecule has 1 fully saturated rings. The molecule has 180 valence electrons. The van der Waals surface area contributed by atoms with E-state index in [0.29, 0.717) is 37.6 Å². The molecule has 0 atom stereocenters. The van der Waals surface area contributed by atoms with Gasteiger partial charge in [-0.3, -0.25) is 14.7 Å². The molecule has 0 spiro atoms. The number of fused-ring (bicyclic) bond motifs is 1. The van der Waals surface area contributed by atoms with Crippen molar-refractivity contribution in [3.63, 3.8) is 0 Å². The molecule has 0 aliphatic carbocycles. The van der Waals surface area contributed by atoms with Gasteiger partial charge in [-0.15, -0.1) is 0 Å². The van der Waals surface area contributed by atoms with Crippen LogP contribution in [0.1, 0.15) is 44.0 Å². The molecule has 0 radical (unpaired) electrons. The number of piperidine rings is 1. The molecule has 1 saturated heterocycles. The lowest BCUT2D eigenvalue weighted by Crippen LogP contribution is -2.46. The zero-order chi connectivity index (χ0) is 24.3. The van der Waals surface area contributed by atoms with Crippen molar-refractivity contribution in [2.24, 2.45) is 10.9 Å². The summed E-state index contributed by atoms with van der Waals surface area (Å²) >= 11 is 6.14. The molecule has 34 heavy (non-hydrogen) atoms. The highest BCUT2D eigenvalue weighted by atomic mass is 35.5. The van der Waals surface area contributed by atoms with Gasteiger partial charge >= 0.3 is 6.09 Å². The highest BCUT2D eigenvalue weighted by Gasteiger charge is 2.30. The molecule has 0 saturated carbocycles. The molecule has 7 nitrogen and oxygen atoms in total. The van der Waals surface area contributed by atoms with Crippen molar-refractivity contribution in [3.05, 3.63) is 59.9 Å². The summed E-state index contributed by atoms with van der Waals surface area (Å²) in [4.78, 5) is 33.7. The average molecular weight is 483 g/mol. The van der Waals surface area contributed by atoms with Crippen LogP contribution in [0.15, 0.2) is 59.4 Å². The number of aliphatic imine (C=N–C) groups is 1. The third-order valence-corrected chi connectivity index (χ3v) is 6.20. The Morgan fingerprint density at radius 1 is 1.15 bits per heavy atom. The van der Waals surface area contributed by atoms with Gasteiger partial charge in [0.25, 0.3) is 5.91 Å². The van der Waals surface area contributed by atoms with Crippen molar-refractivity contribution in [1.82, 2.24) is 15.1 Å². The minimum Gasteiger partial charge on any atom is -0.444 e. The first-order valence-corrected chi connectivity index (χ1v) is 12.0. The van der Waals surface area contributed by atoms with Crippen LogP contribution < -0.4 is 5.32 Å². The number of halogens is 1. The van der Waals surface area contributed by atoms with Crippen LogP contribution >= 0.6 is 11.6 Å². The second kappa shape index (κ2) is 10.1. The lowest BCUT2D eigenvalue weighted by molar-refractivity contribution is 0.0171. The summed E-state index contributed by atoms with van der Waals surface area (Å²) in [6.07, 6.45) is 3.17. The molecular weight excluding hydrogens is 452 g/mol. The number of ether oxygens (including phenoxy) is 1. The Bertz CT molecular complexity index is 1130. The van der Waals surface area contributed by atoms with Crippen LogP contribution in [0.5, 0.6) is 0 Å². The van der Waals surface area contributed by atoms with Gasteiger partial charge in [0, 0.05) is 25.2 Å². The maximum atomic E-state index is 13.7. The zero-order valence-corrected chi connectivity index (χ0v) is 20.6. The van der Waals surface area contributed by atoms with Crippen LogP contribution in [0.3, 0.4) is 0 Å². The number of amidine groups is 1. The molecule has 8 heteroatoms. The monoisotopic (exact) mass is 482 g/mol. The van der Waals surface area contributed by atoms with E-state index < -0.39 is 5.60 Å². The number of amides is 2. The Balaban J connectivity index is 1.49. The Morgan fingerprint density at radius 3 is 2.53 bits per heavy atom. The third-order valence-electron chi connectivity index (χ3n) is 5.99. The van der Waals surface area contributed by atoms with Crippen molar-refractivity contribution >= 4 is 39.7 Å². The van der Waals surface area contributed by atoms with Gasteiger partial charge in [-0.05, 0) is 80.1 Å². The van der Waals surface area contributed by atoms with E-state index in [4.69, 9.17) is 16.3 Å². The Kier molecular flexibility index (Phi) is 7.12. The number of nitrogens with one attached hydrogen (secondary N) is 1. The van der Waals surface area contributed by atoms with Crippen LogP contribution in [-0.4, -0.2) is 58.9 Å². The summed E-state index contributed by atoms with van der Waals surface area (Å²) in [5, 5.41) is 5.42. The molecule has 0 unspecified atom stereocenters. The highest BCUT2D eigenvalue weighted by molar-refractivity contribution is 6.65. The standard InChI is InChI=1S/C26H31ClN4O3/c1-26(2,3)34-25(33)30-14-11-18(12-15-30)17-31(22-10-13-28-24(27)29-22)23(32)21-9-8-19-6-4-5-7-20(19)16-21/h4-10,16,18H,11-15,17H2,1-3H3,(H,28,29). The minimum absolute atomic E-state index is 0.0922. The molecule has 2 aromatic rings. The number of likely N-dealkylation sites (tertiary alicyclic amines) is 1. The lowest BCUT2D eigenvalue weighted by Gasteiger charge is -2.36. The SMILES string of the molecule is CC(C)(C)OC(=O)N1CCC(CN(C(=O)c2ccc3ccccc3c2)C2=CCN=C(Cl)N2)CC1. The third kappa shape index (κ3) is 5.89. The second-order valence-corrected chi connectivity index (χ2v) is 10.1. The maximum Gasteiger partial charge on any atom is 0.410 e. The minimum atomic E-state index is -0.517. The quantitative estimate of drug-likeness (QED) is 0.624. The summed E-state index contributed by atoms with van der Waals surface area (Å²) in [6.45, 7) is 7.75. The van der Waals surface area contributed by atoms with E-state index in [-0.39, 0.29) is 23.2 Å². The van der Waals surface area contributed by atoms with E-state index in [1.54, 1.807) is 9.80 Å². The highest BCUT2D eigenvalue weighted by Crippen LogP contribution is 2.24. The molecule has 0 aromatic heterocycles. The van der Waals surface area contributed by atoms with Gasteiger partial charge in [0.15, 0.2) is 5.29 Å². The van der Waals surface area contributed by atoms with Crippen LogP contribution in [0.25, 0.3) is 10.8 Å². The number of carbonyl (C=O) groups excluding carboxylic acids is 2. The van der Waals surface area contributed by atoms with Crippen molar-refractivity contribution in [3.8, 4) is 0 Å². The van der Waals surface area contributed by atoms with E-state index in [1.165, 1.54) is 0 Å².